The summed E-state index contributed by atoms with van der Waals surface area (Å²) in [5.41, 5.74) is 1.77. The van der Waals surface area contributed by atoms with E-state index < -0.39 is 23.7 Å². The van der Waals surface area contributed by atoms with Crippen molar-refractivity contribution in [2.75, 3.05) is 13.7 Å². The molecule has 2 atom stereocenters. The normalized spacial score (nSPS) is 16.9. The second-order valence-corrected chi connectivity index (χ2v) is 10.8. The smallest absolute Gasteiger partial charge is 0.342 e. The van der Waals surface area contributed by atoms with Crippen molar-refractivity contribution in [1.82, 2.24) is 15.3 Å². The quantitative estimate of drug-likeness (QED) is 0.262. The third-order valence-corrected chi connectivity index (χ3v) is 7.58. The molecule has 2 aromatic carbocycles. The highest BCUT2D eigenvalue weighted by molar-refractivity contribution is 5.98. The Kier molecular flexibility index (Phi) is 11.0. The van der Waals surface area contributed by atoms with Crippen LogP contribution in [-0.4, -0.2) is 57.6 Å². The minimum atomic E-state index is -0.795. The number of esters is 1. The minimum absolute atomic E-state index is 0.0531. The molecule has 0 radical (unpaired) electrons. The van der Waals surface area contributed by atoms with Crippen molar-refractivity contribution in [2.24, 2.45) is 0 Å². The number of carbonyl (C=O) groups is 3. The van der Waals surface area contributed by atoms with E-state index in [9.17, 15) is 24.6 Å². The number of rotatable bonds is 8. The van der Waals surface area contributed by atoms with Crippen LogP contribution in [0.25, 0.3) is 6.08 Å². The van der Waals surface area contributed by atoms with Crippen LogP contribution in [-0.2, 0) is 20.7 Å². The Hall–Kier alpha value is -4.60. The van der Waals surface area contributed by atoms with Gasteiger partial charge in [0.25, 0.3) is 0 Å². The second kappa shape index (κ2) is 15.0. The lowest BCUT2D eigenvalue weighted by molar-refractivity contribution is -0.121. The van der Waals surface area contributed by atoms with Crippen LogP contribution in [0.2, 0.25) is 0 Å². The Balaban J connectivity index is 1.71. The molecular formula is C33H39N3O7. The largest absolute Gasteiger partial charge is 0.507 e. The second-order valence-electron chi connectivity index (χ2n) is 10.8. The maximum Gasteiger partial charge on any atom is 0.342 e. The fourth-order valence-electron chi connectivity index (χ4n) is 5.26. The Morgan fingerprint density at radius 2 is 1.95 bits per heavy atom. The number of H-pyrrole nitrogens is 1. The van der Waals surface area contributed by atoms with Gasteiger partial charge in [-0.2, -0.15) is 0 Å². The summed E-state index contributed by atoms with van der Waals surface area (Å²) in [6, 6.07) is 8.39. The first-order valence-corrected chi connectivity index (χ1v) is 14.6. The Morgan fingerprint density at radius 1 is 1.19 bits per heavy atom. The molecule has 4 N–H and O–H groups in total. The number of Topliss-reactive ketones (excluding diaryl/α,β-unsaturated/α-hetero) is 1. The van der Waals surface area contributed by atoms with Gasteiger partial charge in [-0.05, 0) is 61.9 Å². The number of ether oxygens (including phenoxy) is 2. The van der Waals surface area contributed by atoms with Crippen LogP contribution < -0.4 is 10.1 Å². The van der Waals surface area contributed by atoms with Gasteiger partial charge in [-0.1, -0.05) is 24.3 Å². The van der Waals surface area contributed by atoms with E-state index in [1.165, 1.54) is 6.07 Å². The maximum atomic E-state index is 13.5. The number of aromatic amines is 1. The molecule has 10 nitrogen and oxygen atoms in total. The molecule has 1 amide bonds. The van der Waals surface area contributed by atoms with Crippen molar-refractivity contribution in [2.45, 2.75) is 70.3 Å². The van der Waals surface area contributed by atoms with Gasteiger partial charge in [-0.25, -0.2) is 9.78 Å². The van der Waals surface area contributed by atoms with Gasteiger partial charge in [0.15, 0.2) is 0 Å². The Labute approximate surface area is 251 Å². The number of imidazole rings is 1. The fourth-order valence-corrected chi connectivity index (χ4v) is 5.26. The predicted molar refractivity (Wildman–Crippen MR) is 161 cm³/mol. The molecule has 1 aliphatic heterocycles. The molecule has 0 bridgehead atoms. The summed E-state index contributed by atoms with van der Waals surface area (Å²) >= 11 is 0. The maximum absolute atomic E-state index is 13.5. The summed E-state index contributed by atoms with van der Waals surface area (Å²) in [5, 5.41) is 25.8. The summed E-state index contributed by atoms with van der Waals surface area (Å²) in [7, 11) is 1.54. The van der Waals surface area contributed by atoms with Crippen molar-refractivity contribution < 1.29 is 34.1 Å². The highest BCUT2D eigenvalue weighted by Gasteiger charge is 2.31. The van der Waals surface area contributed by atoms with Gasteiger partial charge >= 0.3 is 5.97 Å². The lowest BCUT2D eigenvalue weighted by Gasteiger charge is -2.23. The van der Waals surface area contributed by atoms with E-state index in [1.54, 1.807) is 63.0 Å². The molecule has 228 valence electrons. The number of cyclic esters (lactones) is 1. The summed E-state index contributed by atoms with van der Waals surface area (Å²) in [5.74, 6) is -1.75. The van der Waals surface area contributed by atoms with Crippen LogP contribution in [0.3, 0.4) is 0 Å². The lowest BCUT2D eigenvalue weighted by atomic mass is 9.84. The molecule has 0 spiro atoms. The molecule has 10 heteroatoms. The first-order valence-electron chi connectivity index (χ1n) is 14.6. The summed E-state index contributed by atoms with van der Waals surface area (Å²) in [4.78, 5) is 45.7. The Bertz CT molecular complexity index is 1430. The number of benzene rings is 2. The van der Waals surface area contributed by atoms with E-state index in [2.05, 4.69) is 15.3 Å². The molecule has 43 heavy (non-hydrogen) atoms. The van der Waals surface area contributed by atoms with Gasteiger partial charge in [-0.15, -0.1) is 0 Å². The topological polar surface area (TPSA) is 151 Å². The average Bonchev–Trinajstić information content (AvgIpc) is 3.49. The molecular weight excluding hydrogens is 550 g/mol. The lowest BCUT2D eigenvalue weighted by Crippen LogP contribution is -2.27. The SMILES string of the molecule is COc1ccc(C(CC(=O)NCCc2cnc[nH]2)c2c(O)cc3c(c2O)C(=O)OC(C)CCCC(=O)CCCC=C3)cc1. The zero-order valence-corrected chi connectivity index (χ0v) is 24.6. The van der Waals surface area contributed by atoms with Crippen molar-refractivity contribution in [3.63, 3.8) is 0 Å². The molecule has 0 fully saturated rings. The number of phenolic OH excluding ortho intramolecular Hbond substituents is 2. The van der Waals surface area contributed by atoms with Crippen LogP contribution >= 0.6 is 0 Å². The highest BCUT2D eigenvalue weighted by atomic mass is 16.5. The number of methoxy groups -OCH3 is 1. The van der Waals surface area contributed by atoms with E-state index in [4.69, 9.17) is 9.47 Å². The van der Waals surface area contributed by atoms with Gasteiger partial charge in [0, 0.05) is 55.6 Å². The van der Waals surface area contributed by atoms with E-state index >= 15 is 0 Å². The number of fused-ring (bicyclic) bond motifs is 1. The first-order chi connectivity index (χ1) is 20.8. The van der Waals surface area contributed by atoms with Crippen LogP contribution in [0.5, 0.6) is 17.2 Å². The van der Waals surface area contributed by atoms with Gasteiger partial charge in [-0.3, -0.25) is 9.59 Å². The summed E-state index contributed by atoms with van der Waals surface area (Å²) in [6.07, 6.45) is 9.91. The first kappa shape index (κ1) is 31.3. The average molecular weight is 590 g/mol. The fraction of sp³-hybridized carbons (Fsp3) is 0.394. The number of phenols is 2. The van der Waals surface area contributed by atoms with Gasteiger partial charge in [0.1, 0.15) is 28.6 Å². The van der Waals surface area contributed by atoms with E-state index in [0.29, 0.717) is 62.8 Å². The predicted octanol–water partition coefficient (Wildman–Crippen LogP) is 5.19. The zero-order chi connectivity index (χ0) is 30.8. The van der Waals surface area contributed by atoms with E-state index in [0.717, 1.165) is 5.69 Å². The summed E-state index contributed by atoms with van der Waals surface area (Å²) in [6.45, 7) is 2.11. The number of nitrogens with zero attached hydrogens (tertiary/aromatic N) is 1. The molecule has 0 aliphatic carbocycles. The van der Waals surface area contributed by atoms with E-state index in [-0.39, 0.29) is 40.6 Å². The van der Waals surface area contributed by atoms with Crippen molar-refractivity contribution in [3.8, 4) is 17.2 Å². The molecule has 1 aliphatic rings. The number of aromatic hydroxyl groups is 2. The minimum Gasteiger partial charge on any atom is -0.507 e. The molecule has 3 aromatic rings. The van der Waals surface area contributed by atoms with Crippen LogP contribution in [0.1, 0.15) is 90.5 Å². The third-order valence-electron chi connectivity index (χ3n) is 7.58. The van der Waals surface area contributed by atoms with Crippen molar-refractivity contribution in [1.29, 1.82) is 0 Å². The van der Waals surface area contributed by atoms with Gasteiger partial charge in [0.2, 0.25) is 5.91 Å². The number of carbonyl (C=O) groups excluding carboxylic acids is 3. The number of nitrogens with one attached hydrogen (secondary N) is 2. The number of hydrogen-bond acceptors (Lipinski definition) is 8. The number of allylic oxidation sites excluding steroid dienone is 1. The Morgan fingerprint density at radius 3 is 2.67 bits per heavy atom. The molecule has 0 saturated heterocycles. The van der Waals surface area contributed by atoms with Gasteiger partial charge in [0.05, 0.1) is 19.5 Å². The molecule has 1 aromatic heterocycles. The number of aromatic nitrogens is 2. The van der Waals surface area contributed by atoms with Crippen LogP contribution in [0.15, 0.2) is 48.9 Å². The van der Waals surface area contributed by atoms with Crippen LogP contribution in [0, 0.1) is 0 Å². The molecule has 2 heterocycles. The number of amides is 1. The highest BCUT2D eigenvalue weighted by Crippen LogP contribution is 2.44. The monoisotopic (exact) mass is 589 g/mol. The van der Waals surface area contributed by atoms with Crippen molar-refractivity contribution >= 4 is 23.7 Å². The molecule has 2 unspecified atom stereocenters. The zero-order valence-electron chi connectivity index (χ0n) is 24.6. The van der Waals surface area contributed by atoms with Gasteiger partial charge < -0.3 is 30.0 Å². The number of ketones is 1. The molecule has 4 rings (SSSR count). The molecule has 0 saturated carbocycles. The van der Waals surface area contributed by atoms with Crippen molar-refractivity contribution in [3.05, 3.63) is 76.9 Å². The van der Waals surface area contributed by atoms with Crippen LogP contribution in [0.4, 0.5) is 0 Å². The number of hydrogen-bond donors (Lipinski definition) is 4. The standard InChI is InChI=1S/C33H39N3O7/c1-21-7-6-10-25(37)9-5-3-4-8-23-17-28(38)31(32(40)30(23)33(41)43-21)27(22-11-13-26(42-2)14-12-22)18-29(39)35-16-15-24-19-34-20-36-24/h4,8,11-14,17,19-21,27,38,40H,3,5-7,9-10,15-16,18H2,1-2H3,(H,34,36)(H,35,39). The summed E-state index contributed by atoms with van der Waals surface area (Å²) < 4.78 is 11.0. The van der Waals surface area contributed by atoms with E-state index in [1.807, 2.05) is 0 Å². The third kappa shape index (κ3) is 8.47.